The smallest absolute Gasteiger partial charge is 0.314 e. The van der Waals surface area contributed by atoms with Crippen LogP contribution in [0.2, 0.25) is 0 Å². The summed E-state index contributed by atoms with van der Waals surface area (Å²) in [4.78, 5) is 28.4. The Bertz CT molecular complexity index is 598. The van der Waals surface area contributed by atoms with E-state index in [-0.39, 0.29) is 17.9 Å². The van der Waals surface area contributed by atoms with Crippen LogP contribution < -0.4 is 5.73 Å². The molecule has 0 aromatic carbocycles. The molecule has 1 aromatic heterocycles. The molecule has 2 aliphatic rings. The molecule has 6 heteroatoms. The Balaban J connectivity index is 1.79. The topological polar surface area (TPSA) is 71.6 Å². The van der Waals surface area contributed by atoms with Crippen LogP contribution >= 0.6 is 0 Å². The monoisotopic (exact) mass is 332 g/mol. The van der Waals surface area contributed by atoms with E-state index in [4.69, 9.17) is 5.73 Å². The third kappa shape index (κ3) is 3.42. The minimum atomic E-state index is -0.414. The maximum absolute atomic E-state index is 13.2. The predicted octanol–water partition coefficient (Wildman–Crippen LogP) is 2.26. The molecule has 0 spiro atoms. The Morgan fingerprint density at radius 1 is 1.12 bits per heavy atom. The Kier molecular flexibility index (Phi) is 5.11. The van der Waals surface area contributed by atoms with Crippen molar-refractivity contribution < 1.29 is 9.59 Å². The van der Waals surface area contributed by atoms with Gasteiger partial charge in [0.15, 0.2) is 0 Å². The molecule has 3 heterocycles. The predicted molar refractivity (Wildman–Crippen MR) is 92.2 cm³/mol. The summed E-state index contributed by atoms with van der Waals surface area (Å²) < 4.78 is 2.12. The molecule has 1 aromatic rings. The minimum Gasteiger partial charge on any atom is -0.353 e. The zero-order chi connectivity index (χ0) is 17.1. The van der Waals surface area contributed by atoms with Gasteiger partial charge in [0.1, 0.15) is 0 Å². The van der Waals surface area contributed by atoms with Crippen LogP contribution in [0.4, 0.5) is 4.79 Å². The highest BCUT2D eigenvalue weighted by molar-refractivity contribution is 5.81. The van der Waals surface area contributed by atoms with Gasteiger partial charge in [-0.2, -0.15) is 0 Å². The van der Waals surface area contributed by atoms with Crippen molar-refractivity contribution in [2.24, 2.45) is 18.7 Å². The second kappa shape index (κ2) is 7.28. The number of hydrogen-bond donors (Lipinski definition) is 1. The number of hydrogen-bond acceptors (Lipinski definition) is 2. The van der Waals surface area contributed by atoms with Gasteiger partial charge in [-0.1, -0.05) is 12.8 Å². The fourth-order valence-corrected chi connectivity index (χ4v) is 4.11. The number of carbonyl (C=O) groups excluding carboxylic acids is 2. The Morgan fingerprint density at radius 2 is 1.96 bits per heavy atom. The zero-order valence-electron chi connectivity index (χ0n) is 14.5. The maximum atomic E-state index is 13.2. The molecule has 0 radical (unpaired) electrons. The molecular formula is C18H28N4O2. The summed E-state index contributed by atoms with van der Waals surface area (Å²) in [6.45, 7) is 1.94. The molecule has 2 aliphatic heterocycles. The summed E-state index contributed by atoms with van der Waals surface area (Å²) in [7, 11) is 2.04. The average molecular weight is 332 g/mol. The van der Waals surface area contributed by atoms with Gasteiger partial charge in [0.05, 0.1) is 12.0 Å². The first-order valence-corrected chi connectivity index (χ1v) is 9.04. The third-order valence-corrected chi connectivity index (χ3v) is 5.44. The summed E-state index contributed by atoms with van der Waals surface area (Å²) in [6.07, 6.45) is 8.12. The lowest BCUT2D eigenvalue weighted by molar-refractivity contribution is -0.139. The molecule has 2 atom stereocenters. The van der Waals surface area contributed by atoms with Crippen LogP contribution in [0.15, 0.2) is 18.3 Å². The summed E-state index contributed by atoms with van der Waals surface area (Å²) in [5, 5.41) is 0. The minimum absolute atomic E-state index is 0.118. The molecule has 2 fully saturated rings. The van der Waals surface area contributed by atoms with Crippen molar-refractivity contribution in [2.75, 3.05) is 19.6 Å². The number of piperidine rings is 1. The van der Waals surface area contributed by atoms with Gasteiger partial charge in [-0.05, 0) is 37.8 Å². The lowest BCUT2D eigenvalue weighted by atomic mass is 9.95. The van der Waals surface area contributed by atoms with E-state index in [2.05, 4.69) is 15.5 Å². The Labute approximate surface area is 143 Å². The molecule has 0 aliphatic carbocycles. The number of carbonyl (C=O) groups is 2. The fourth-order valence-electron chi connectivity index (χ4n) is 4.11. The summed E-state index contributed by atoms with van der Waals surface area (Å²) in [5.74, 6) is 0.0705. The first-order chi connectivity index (χ1) is 11.6. The second-order valence-corrected chi connectivity index (χ2v) is 7.06. The SMILES string of the molecule is Cn1cccc1[C@@H]1CCCCCN1C(=O)[C@@H]1CCCN(C(N)=O)C1. The zero-order valence-corrected chi connectivity index (χ0v) is 14.5. The molecule has 0 bridgehead atoms. The van der Waals surface area contributed by atoms with Crippen LogP contribution in [0.1, 0.15) is 50.3 Å². The standard InChI is InChI=1S/C18H28N4O2/c1-20-10-6-9-15(20)16-8-3-2-4-12-22(16)17(23)14-7-5-11-21(13-14)18(19)24/h6,9-10,14,16H,2-5,7-8,11-13H2,1H3,(H2,19,24)/t14-,16+/m1/s1. The van der Waals surface area contributed by atoms with E-state index in [9.17, 15) is 9.59 Å². The first-order valence-electron chi connectivity index (χ1n) is 9.04. The largest absolute Gasteiger partial charge is 0.353 e. The van der Waals surface area contributed by atoms with Crippen molar-refractivity contribution in [3.8, 4) is 0 Å². The van der Waals surface area contributed by atoms with Crippen LogP contribution in [0.25, 0.3) is 0 Å². The number of primary amides is 1. The number of nitrogens with zero attached hydrogens (tertiary/aromatic N) is 3. The van der Waals surface area contributed by atoms with Crippen LogP contribution in [0.5, 0.6) is 0 Å². The van der Waals surface area contributed by atoms with Gasteiger partial charge in [0.25, 0.3) is 0 Å². The highest BCUT2D eigenvalue weighted by atomic mass is 16.2. The van der Waals surface area contributed by atoms with E-state index in [0.717, 1.165) is 38.6 Å². The highest BCUT2D eigenvalue weighted by Gasteiger charge is 2.35. The molecule has 2 saturated heterocycles. The molecule has 2 N–H and O–H groups in total. The molecule has 24 heavy (non-hydrogen) atoms. The Hall–Kier alpha value is -1.98. The molecular weight excluding hydrogens is 304 g/mol. The summed E-state index contributed by atoms with van der Waals surface area (Å²) in [6, 6.07) is 3.89. The number of amides is 3. The number of urea groups is 1. The normalized spacial score (nSPS) is 25.4. The van der Waals surface area contributed by atoms with Gasteiger partial charge in [-0.25, -0.2) is 4.79 Å². The van der Waals surface area contributed by atoms with E-state index in [1.54, 1.807) is 4.90 Å². The number of aryl methyl sites for hydroxylation is 1. The first kappa shape index (κ1) is 16.9. The van der Waals surface area contributed by atoms with Crippen molar-refractivity contribution in [1.82, 2.24) is 14.4 Å². The number of rotatable bonds is 2. The summed E-state index contributed by atoms with van der Waals surface area (Å²) in [5.41, 5.74) is 6.62. The average Bonchev–Trinajstić information content (AvgIpc) is 2.86. The van der Waals surface area contributed by atoms with Crippen molar-refractivity contribution in [2.45, 2.75) is 44.6 Å². The van der Waals surface area contributed by atoms with E-state index < -0.39 is 6.03 Å². The third-order valence-electron chi connectivity index (χ3n) is 5.44. The molecule has 0 saturated carbocycles. The molecule has 3 rings (SSSR count). The van der Waals surface area contributed by atoms with Crippen LogP contribution in [0, 0.1) is 5.92 Å². The quantitative estimate of drug-likeness (QED) is 0.902. The maximum Gasteiger partial charge on any atom is 0.314 e. The molecule has 0 unspecified atom stereocenters. The van der Waals surface area contributed by atoms with E-state index in [1.807, 2.05) is 19.3 Å². The van der Waals surface area contributed by atoms with Crippen LogP contribution in [-0.2, 0) is 11.8 Å². The van der Waals surface area contributed by atoms with Gasteiger partial charge in [-0.3, -0.25) is 4.79 Å². The Morgan fingerprint density at radius 3 is 2.67 bits per heavy atom. The highest BCUT2D eigenvalue weighted by Crippen LogP contribution is 2.32. The van der Waals surface area contributed by atoms with Crippen LogP contribution in [0.3, 0.4) is 0 Å². The summed E-state index contributed by atoms with van der Waals surface area (Å²) >= 11 is 0. The molecule has 3 amide bonds. The molecule has 132 valence electrons. The second-order valence-electron chi connectivity index (χ2n) is 7.06. The lowest BCUT2D eigenvalue weighted by Crippen LogP contribution is -2.49. The molecule has 6 nitrogen and oxygen atoms in total. The van der Waals surface area contributed by atoms with Gasteiger partial charge in [0, 0.05) is 38.6 Å². The van der Waals surface area contributed by atoms with E-state index in [0.29, 0.717) is 13.1 Å². The van der Waals surface area contributed by atoms with Crippen molar-refractivity contribution in [3.63, 3.8) is 0 Å². The fraction of sp³-hybridized carbons (Fsp3) is 0.667. The van der Waals surface area contributed by atoms with Gasteiger partial charge >= 0.3 is 6.03 Å². The van der Waals surface area contributed by atoms with Crippen molar-refractivity contribution in [3.05, 3.63) is 24.0 Å². The van der Waals surface area contributed by atoms with E-state index >= 15 is 0 Å². The number of nitrogens with two attached hydrogens (primary N) is 1. The van der Waals surface area contributed by atoms with Crippen molar-refractivity contribution in [1.29, 1.82) is 0 Å². The van der Waals surface area contributed by atoms with Gasteiger partial charge in [-0.15, -0.1) is 0 Å². The van der Waals surface area contributed by atoms with Crippen molar-refractivity contribution >= 4 is 11.9 Å². The van der Waals surface area contributed by atoms with Gasteiger partial charge < -0.3 is 20.1 Å². The number of aromatic nitrogens is 1. The number of likely N-dealkylation sites (tertiary alicyclic amines) is 2. The van der Waals surface area contributed by atoms with E-state index in [1.165, 1.54) is 12.1 Å². The van der Waals surface area contributed by atoms with Crippen LogP contribution in [-0.4, -0.2) is 45.9 Å². The van der Waals surface area contributed by atoms with Gasteiger partial charge in [0.2, 0.25) is 5.91 Å². The lowest BCUT2D eigenvalue weighted by Gasteiger charge is -2.37.